The first-order valence-corrected chi connectivity index (χ1v) is 9.92. The second-order valence-electron chi connectivity index (χ2n) is 7.81. The average Bonchev–Trinajstić information content (AvgIpc) is 3.42. The standard InChI is InChI=1S/C23H24N4O3/c1-15(22(24)29)23(11-12-23)17-5-3-16(4-6-17)13-21(28)20-14-25-26-27(20)18-7-9-19(30-2)10-8-18/h3-10,14-15H,11-13H2,1-2H3,(H2,24,29). The first kappa shape index (κ1) is 19.8. The maximum atomic E-state index is 12.9. The molecule has 1 aliphatic carbocycles. The van der Waals surface area contributed by atoms with Crippen LogP contribution in [0.4, 0.5) is 0 Å². The zero-order valence-electron chi connectivity index (χ0n) is 17.0. The van der Waals surface area contributed by atoms with Crippen LogP contribution < -0.4 is 10.5 Å². The number of benzene rings is 2. The fourth-order valence-electron chi connectivity index (χ4n) is 3.95. The summed E-state index contributed by atoms with van der Waals surface area (Å²) < 4.78 is 6.70. The summed E-state index contributed by atoms with van der Waals surface area (Å²) in [5.74, 6) is 0.182. The smallest absolute Gasteiger partial charge is 0.221 e. The molecule has 0 spiro atoms. The molecule has 1 heterocycles. The third kappa shape index (κ3) is 3.58. The average molecular weight is 404 g/mol. The number of methoxy groups -OCH3 is 1. The topological polar surface area (TPSA) is 100 Å². The summed E-state index contributed by atoms with van der Waals surface area (Å²) in [7, 11) is 1.60. The highest BCUT2D eigenvalue weighted by molar-refractivity contribution is 5.96. The van der Waals surface area contributed by atoms with Gasteiger partial charge in [0.15, 0.2) is 5.78 Å². The van der Waals surface area contributed by atoms with Crippen LogP contribution in [0.1, 0.15) is 41.4 Å². The summed E-state index contributed by atoms with van der Waals surface area (Å²) in [5, 5.41) is 7.97. The highest BCUT2D eigenvalue weighted by Gasteiger charge is 2.50. The zero-order chi connectivity index (χ0) is 21.3. The number of ketones is 1. The number of aromatic nitrogens is 3. The Morgan fingerprint density at radius 3 is 2.37 bits per heavy atom. The van der Waals surface area contributed by atoms with Gasteiger partial charge < -0.3 is 10.5 Å². The first-order chi connectivity index (χ1) is 14.4. The first-order valence-electron chi connectivity index (χ1n) is 9.92. The Morgan fingerprint density at radius 1 is 1.13 bits per heavy atom. The monoisotopic (exact) mass is 404 g/mol. The third-order valence-electron chi connectivity index (χ3n) is 6.09. The molecular weight excluding hydrogens is 380 g/mol. The molecule has 2 N–H and O–H groups in total. The van der Waals surface area contributed by atoms with E-state index in [9.17, 15) is 9.59 Å². The number of carbonyl (C=O) groups excluding carboxylic acids is 2. The van der Waals surface area contributed by atoms with Gasteiger partial charge in [-0.15, -0.1) is 5.10 Å². The molecule has 3 aromatic rings. The van der Waals surface area contributed by atoms with Crippen LogP contribution in [0.2, 0.25) is 0 Å². The van der Waals surface area contributed by atoms with Gasteiger partial charge in [-0.1, -0.05) is 36.4 Å². The predicted octanol–water partition coefficient (Wildman–Crippen LogP) is 2.85. The van der Waals surface area contributed by atoms with Crippen LogP contribution in [0.25, 0.3) is 5.69 Å². The molecule has 0 aliphatic heterocycles. The van der Waals surface area contributed by atoms with Gasteiger partial charge in [-0.05, 0) is 48.2 Å². The van der Waals surface area contributed by atoms with Crippen molar-refractivity contribution in [3.05, 3.63) is 71.5 Å². The van der Waals surface area contributed by atoms with Crippen LogP contribution in [-0.4, -0.2) is 33.8 Å². The number of rotatable bonds is 8. The van der Waals surface area contributed by atoms with Gasteiger partial charge in [0.1, 0.15) is 11.4 Å². The van der Waals surface area contributed by atoms with E-state index in [0.29, 0.717) is 5.69 Å². The van der Waals surface area contributed by atoms with E-state index in [1.807, 2.05) is 55.5 Å². The van der Waals surface area contributed by atoms with Gasteiger partial charge in [0.2, 0.25) is 5.91 Å². The van der Waals surface area contributed by atoms with Crippen LogP contribution in [0.15, 0.2) is 54.7 Å². The van der Waals surface area contributed by atoms with Gasteiger partial charge in [-0.3, -0.25) is 9.59 Å². The second-order valence-corrected chi connectivity index (χ2v) is 7.81. The van der Waals surface area contributed by atoms with E-state index in [-0.39, 0.29) is 29.4 Å². The maximum absolute atomic E-state index is 12.9. The summed E-state index contributed by atoms with van der Waals surface area (Å²) >= 11 is 0. The van der Waals surface area contributed by atoms with E-state index in [1.54, 1.807) is 7.11 Å². The summed E-state index contributed by atoms with van der Waals surface area (Å²) in [5.41, 5.74) is 8.54. The van der Waals surface area contributed by atoms with Crippen LogP contribution in [0, 0.1) is 5.92 Å². The largest absolute Gasteiger partial charge is 0.497 e. The van der Waals surface area contributed by atoms with Crippen LogP contribution in [0.5, 0.6) is 5.75 Å². The molecule has 154 valence electrons. The van der Waals surface area contributed by atoms with E-state index in [4.69, 9.17) is 10.5 Å². The number of nitrogens with zero attached hydrogens (tertiary/aromatic N) is 3. The Bertz CT molecular complexity index is 1070. The van der Waals surface area contributed by atoms with E-state index < -0.39 is 0 Å². The molecule has 7 nitrogen and oxygen atoms in total. The number of carbonyl (C=O) groups is 2. The van der Waals surface area contributed by atoms with E-state index in [1.165, 1.54) is 10.9 Å². The molecule has 0 bridgehead atoms. The maximum Gasteiger partial charge on any atom is 0.221 e. The lowest BCUT2D eigenvalue weighted by Gasteiger charge is -2.21. The van der Waals surface area contributed by atoms with Crippen molar-refractivity contribution in [2.24, 2.45) is 11.7 Å². The van der Waals surface area contributed by atoms with Gasteiger partial charge in [0.05, 0.1) is 19.0 Å². The predicted molar refractivity (Wildman–Crippen MR) is 112 cm³/mol. The van der Waals surface area contributed by atoms with Gasteiger partial charge in [0, 0.05) is 17.8 Å². The Labute approximate surface area is 174 Å². The summed E-state index contributed by atoms with van der Waals surface area (Å²) in [6, 6.07) is 15.2. The fraction of sp³-hybridized carbons (Fsp3) is 0.304. The molecule has 30 heavy (non-hydrogen) atoms. The van der Waals surface area contributed by atoms with Crippen LogP contribution in [0.3, 0.4) is 0 Å². The molecule has 1 fully saturated rings. The van der Waals surface area contributed by atoms with Gasteiger partial charge in [0.25, 0.3) is 0 Å². The van der Waals surface area contributed by atoms with Gasteiger partial charge in [-0.25, -0.2) is 4.68 Å². The van der Waals surface area contributed by atoms with E-state index in [2.05, 4.69) is 10.3 Å². The molecule has 1 unspecified atom stereocenters. The minimum atomic E-state index is -0.272. The highest BCUT2D eigenvalue weighted by atomic mass is 16.5. The van der Waals surface area contributed by atoms with Crippen LogP contribution in [-0.2, 0) is 16.6 Å². The molecule has 0 radical (unpaired) electrons. The molecule has 4 rings (SSSR count). The zero-order valence-corrected chi connectivity index (χ0v) is 17.0. The number of amides is 1. The Balaban J connectivity index is 1.50. The van der Waals surface area contributed by atoms with Crippen LogP contribution >= 0.6 is 0 Å². The lowest BCUT2D eigenvalue weighted by molar-refractivity contribution is -0.122. The van der Waals surface area contributed by atoms with Crippen molar-refractivity contribution in [1.82, 2.24) is 15.0 Å². The number of nitrogens with two attached hydrogens (primary N) is 1. The van der Waals surface area contributed by atoms with Crippen molar-refractivity contribution in [3.8, 4) is 11.4 Å². The summed E-state index contributed by atoms with van der Waals surface area (Å²) in [6.45, 7) is 1.89. The Hall–Kier alpha value is -3.48. The lowest BCUT2D eigenvalue weighted by Crippen LogP contribution is -2.31. The van der Waals surface area contributed by atoms with Gasteiger partial charge >= 0.3 is 0 Å². The van der Waals surface area contributed by atoms with Crippen molar-refractivity contribution in [2.75, 3.05) is 7.11 Å². The normalized spacial score (nSPS) is 15.4. The Kier molecular flexibility index (Phi) is 5.11. The number of Topliss-reactive ketones (excluding diaryl/α,β-unsaturated/α-hetero) is 1. The number of hydrogen-bond acceptors (Lipinski definition) is 5. The number of ether oxygens (including phenoxy) is 1. The fourth-order valence-corrected chi connectivity index (χ4v) is 3.95. The van der Waals surface area contributed by atoms with Crippen molar-refractivity contribution < 1.29 is 14.3 Å². The van der Waals surface area contributed by atoms with Crippen molar-refractivity contribution in [1.29, 1.82) is 0 Å². The number of hydrogen-bond donors (Lipinski definition) is 1. The van der Waals surface area contributed by atoms with E-state index >= 15 is 0 Å². The molecule has 1 atom stereocenters. The molecule has 1 aromatic heterocycles. The molecule has 2 aromatic carbocycles. The molecule has 0 saturated heterocycles. The molecule has 1 amide bonds. The lowest BCUT2D eigenvalue weighted by atomic mass is 9.83. The van der Waals surface area contributed by atoms with E-state index in [0.717, 1.165) is 35.4 Å². The molecular formula is C23H24N4O3. The molecule has 1 aliphatic rings. The Morgan fingerprint density at radius 2 is 1.80 bits per heavy atom. The SMILES string of the molecule is COc1ccc(-n2nncc2C(=O)Cc2ccc(C3(C(C)C(N)=O)CC3)cc2)cc1. The second kappa shape index (κ2) is 7.74. The highest BCUT2D eigenvalue weighted by Crippen LogP contribution is 2.53. The minimum Gasteiger partial charge on any atom is -0.497 e. The van der Waals surface area contributed by atoms with Crippen molar-refractivity contribution >= 4 is 11.7 Å². The molecule has 7 heteroatoms. The van der Waals surface area contributed by atoms with Crippen molar-refractivity contribution in [2.45, 2.75) is 31.6 Å². The van der Waals surface area contributed by atoms with Crippen molar-refractivity contribution in [3.63, 3.8) is 0 Å². The molecule has 1 saturated carbocycles. The summed E-state index contributed by atoms with van der Waals surface area (Å²) in [4.78, 5) is 24.5. The minimum absolute atomic E-state index is 0.0739. The quantitative estimate of drug-likeness (QED) is 0.582. The van der Waals surface area contributed by atoms with Gasteiger partial charge in [-0.2, -0.15) is 0 Å². The summed E-state index contributed by atoms with van der Waals surface area (Å²) in [6.07, 6.45) is 3.64. The third-order valence-corrected chi connectivity index (χ3v) is 6.09. The number of primary amides is 1.